The largest absolute Gasteiger partial charge is 0.361 e. The molecule has 0 aromatic rings. The summed E-state index contributed by atoms with van der Waals surface area (Å²) < 4.78 is 0. The summed E-state index contributed by atoms with van der Waals surface area (Å²) in [6.07, 6.45) is 9.61. The van der Waals surface area contributed by atoms with Crippen LogP contribution in [0.2, 0.25) is 0 Å². The second-order valence-electron chi connectivity index (χ2n) is 2.07. The average molecular weight is 132 g/mol. The minimum Gasteiger partial charge on any atom is -0.361 e. The third-order valence-corrected chi connectivity index (χ3v) is 1.20. The van der Waals surface area contributed by atoms with Gasteiger partial charge in [-0.1, -0.05) is 18.7 Å². The molecular weight excluding hydrogens is 122 g/mol. The second-order valence-corrected chi connectivity index (χ2v) is 2.07. The van der Waals surface area contributed by atoms with Crippen LogP contribution in [0.5, 0.6) is 0 Å². The Morgan fingerprint density at radius 3 is 2.80 bits per heavy atom. The molecule has 0 aromatic heterocycles. The Kier molecular flexibility index (Phi) is 2.11. The lowest BCUT2D eigenvalue weighted by Crippen LogP contribution is -2.03. The molecule has 0 spiro atoms. The highest BCUT2D eigenvalue weighted by molar-refractivity contribution is 5.35. The molecule has 1 aliphatic rings. The minimum atomic E-state index is 0.802. The topological polar surface area (TPSA) is 12.0 Å². The summed E-state index contributed by atoms with van der Waals surface area (Å²) in [5.41, 5.74) is 1.77. The molecule has 0 amide bonds. The zero-order chi connectivity index (χ0) is 7.40. The normalized spacial score (nSPS) is 15.5. The van der Waals surface area contributed by atoms with Gasteiger partial charge in [-0.2, -0.15) is 0 Å². The van der Waals surface area contributed by atoms with Crippen molar-refractivity contribution in [3.05, 3.63) is 55.3 Å². The molecular formula is C9H10N. The minimum absolute atomic E-state index is 0.802. The van der Waals surface area contributed by atoms with Gasteiger partial charge in [-0.15, -0.1) is 0 Å². The summed E-state index contributed by atoms with van der Waals surface area (Å²) in [6, 6.07) is 0. The van der Waals surface area contributed by atoms with Crippen molar-refractivity contribution in [2.75, 3.05) is 0 Å². The summed E-state index contributed by atoms with van der Waals surface area (Å²) >= 11 is 0. The van der Waals surface area contributed by atoms with E-state index in [9.17, 15) is 0 Å². The molecule has 10 heavy (non-hydrogen) atoms. The molecule has 0 bridgehead atoms. The third-order valence-electron chi connectivity index (χ3n) is 1.20. The van der Waals surface area contributed by atoms with Gasteiger partial charge in [0, 0.05) is 11.9 Å². The van der Waals surface area contributed by atoms with Gasteiger partial charge >= 0.3 is 0 Å². The number of hydrogen-bond donors (Lipinski definition) is 1. The van der Waals surface area contributed by atoms with Gasteiger partial charge in [0.15, 0.2) is 0 Å². The van der Waals surface area contributed by atoms with E-state index in [1.165, 1.54) is 0 Å². The molecule has 1 N–H and O–H groups in total. The highest BCUT2D eigenvalue weighted by atomic mass is 14.8. The molecule has 0 atom stereocenters. The van der Waals surface area contributed by atoms with Crippen LogP contribution in [0.15, 0.2) is 48.4 Å². The number of rotatable bonds is 1. The van der Waals surface area contributed by atoms with Gasteiger partial charge in [0.05, 0.1) is 0 Å². The van der Waals surface area contributed by atoms with E-state index in [4.69, 9.17) is 0 Å². The molecule has 0 fully saturated rings. The van der Waals surface area contributed by atoms with Gasteiger partial charge in [-0.3, -0.25) is 0 Å². The van der Waals surface area contributed by atoms with Crippen molar-refractivity contribution in [2.24, 2.45) is 0 Å². The quantitative estimate of drug-likeness (QED) is 0.575. The smallest absolute Gasteiger partial charge is 0.0406 e. The van der Waals surface area contributed by atoms with Crippen LogP contribution in [0, 0.1) is 6.92 Å². The van der Waals surface area contributed by atoms with Crippen molar-refractivity contribution in [1.82, 2.24) is 5.32 Å². The van der Waals surface area contributed by atoms with Gasteiger partial charge in [-0.25, -0.2) is 0 Å². The molecule has 0 aromatic carbocycles. The Labute approximate surface area is 61.4 Å². The Morgan fingerprint density at radius 1 is 1.30 bits per heavy atom. The number of allylic oxidation sites excluding steroid dienone is 5. The highest BCUT2D eigenvalue weighted by Gasteiger charge is 1.92. The van der Waals surface area contributed by atoms with Crippen molar-refractivity contribution in [2.45, 2.75) is 0 Å². The lowest BCUT2D eigenvalue weighted by Gasteiger charge is -2.02. The average Bonchev–Trinajstić information content (AvgIpc) is 2.12. The molecule has 1 rings (SSSR count). The van der Waals surface area contributed by atoms with Crippen molar-refractivity contribution < 1.29 is 0 Å². The number of hydrogen-bond acceptors (Lipinski definition) is 1. The van der Waals surface area contributed by atoms with E-state index in [-0.39, 0.29) is 0 Å². The molecule has 0 saturated carbocycles. The molecule has 1 heteroatoms. The first kappa shape index (κ1) is 6.87. The van der Waals surface area contributed by atoms with Crippen LogP contribution in [-0.2, 0) is 0 Å². The van der Waals surface area contributed by atoms with Gasteiger partial charge in [0.1, 0.15) is 0 Å². The van der Waals surface area contributed by atoms with E-state index in [0.717, 1.165) is 11.3 Å². The molecule has 0 aliphatic carbocycles. The summed E-state index contributed by atoms with van der Waals surface area (Å²) in [5.74, 6) is 0. The molecule has 1 nitrogen and oxygen atoms in total. The van der Waals surface area contributed by atoms with Crippen LogP contribution in [0.3, 0.4) is 0 Å². The van der Waals surface area contributed by atoms with E-state index >= 15 is 0 Å². The van der Waals surface area contributed by atoms with Gasteiger partial charge in [-0.05, 0) is 24.6 Å². The van der Waals surface area contributed by atoms with Crippen LogP contribution in [-0.4, -0.2) is 0 Å². The van der Waals surface area contributed by atoms with Crippen molar-refractivity contribution in [3.8, 4) is 0 Å². The summed E-state index contributed by atoms with van der Waals surface area (Å²) in [4.78, 5) is 0. The first-order valence-corrected chi connectivity index (χ1v) is 3.12. The fourth-order valence-electron chi connectivity index (χ4n) is 0.677. The summed E-state index contributed by atoms with van der Waals surface area (Å²) in [7, 11) is 0. The fraction of sp³-hybridized carbons (Fsp3) is 0. The lowest BCUT2D eigenvalue weighted by atomic mass is 10.2. The first-order chi connectivity index (χ1) is 4.80. The van der Waals surface area contributed by atoms with Gasteiger partial charge < -0.3 is 5.32 Å². The lowest BCUT2D eigenvalue weighted by molar-refractivity contribution is 1.09. The maximum absolute atomic E-state index is 3.71. The predicted molar refractivity (Wildman–Crippen MR) is 44.0 cm³/mol. The Hall–Kier alpha value is -1.24. The van der Waals surface area contributed by atoms with Crippen molar-refractivity contribution >= 4 is 0 Å². The molecule has 51 valence electrons. The van der Waals surface area contributed by atoms with E-state index in [2.05, 4.69) is 18.8 Å². The predicted octanol–water partition coefficient (Wildman–Crippen LogP) is 1.93. The number of nitrogens with one attached hydrogen (secondary N) is 1. The molecule has 1 radical (unpaired) electrons. The van der Waals surface area contributed by atoms with Gasteiger partial charge in [0.2, 0.25) is 0 Å². The zero-order valence-electron chi connectivity index (χ0n) is 5.80. The second kappa shape index (κ2) is 3.06. The standard InChI is InChI=1S/C9H10N/c1-8(2)9-6-4-3-5-7-10-9/h3-7,10H,1-2H2. The highest BCUT2D eigenvalue weighted by Crippen LogP contribution is 2.03. The molecule has 0 unspecified atom stereocenters. The fourth-order valence-corrected chi connectivity index (χ4v) is 0.677. The Morgan fingerprint density at radius 2 is 2.10 bits per heavy atom. The van der Waals surface area contributed by atoms with Crippen LogP contribution in [0.4, 0.5) is 0 Å². The van der Waals surface area contributed by atoms with Crippen molar-refractivity contribution in [3.63, 3.8) is 0 Å². The third kappa shape index (κ3) is 1.62. The van der Waals surface area contributed by atoms with Crippen molar-refractivity contribution in [1.29, 1.82) is 0 Å². The molecule has 1 heterocycles. The van der Waals surface area contributed by atoms with Gasteiger partial charge in [0.25, 0.3) is 0 Å². The maximum Gasteiger partial charge on any atom is 0.0406 e. The van der Waals surface area contributed by atoms with E-state index in [0.29, 0.717) is 0 Å². The maximum atomic E-state index is 3.71. The summed E-state index contributed by atoms with van der Waals surface area (Å²) in [5, 5.41) is 3.04. The SMILES string of the molecule is [CH2]C(=C)C1=CC=CC=CN1. The summed E-state index contributed by atoms with van der Waals surface area (Å²) in [6.45, 7) is 7.42. The monoisotopic (exact) mass is 132 g/mol. The molecule has 1 aliphatic heterocycles. The molecule has 0 saturated heterocycles. The van der Waals surface area contributed by atoms with Crippen LogP contribution < -0.4 is 5.32 Å². The van der Waals surface area contributed by atoms with Crippen LogP contribution in [0.1, 0.15) is 0 Å². The Bertz CT molecular complexity index is 219. The Balaban J connectivity index is 2.78. The first-order valence-electron chi connectivity index (χ1n) is 3.12. The van der Waals surface area contributed by atoms with Crippen LogP contribution in [0.25, 0.3) is 0 Å². The van der Waals surface area contributed by atoms with E-state index in [1.807, 2.05) is 30.5 Å². The zero-order valence-corrected chi connectivity index (χ0v) is 5.80. The van der Waals surface area contributed by atoms with Crippen LogP contribution >= 0.6 is 0 Å². The van der Waals surface area contributed by atoms with E-state index in [1.54, 1.807) is 0 Å². The van der Waals surface area contributed by atoms with E-state index < -0.39 is 0 Å².